The van der Waals surface area contributed by atoms with E-state index in [0.717, 1.165) is 85.1 Å². The maximum atomic E-state index is 14.0. The van der Waals surface area contributed by atoms with Gasteiger partial charge in [0.15, 0.2) is 10.8 Å². The predicted octanol–water partition coefficient (Wildman–Crippen LogP) is 11.0. The Labute approximate surface area is 378 Å². The zero-order valence-electron chi connectivity index (χ0n) is 34.1. The first-order valence-electron chi connectivity index (χ1n) is 20.4. The van der Waals surface area contributed by atoms with Crippen LogP contribution in [0.25, 0.3) is 11.1 Å². The summed E-state index contributed by atoms with van der Waals surface area (Å²) in [6.07, 6.45) is 3.76. The molecule has 326 valence electrons. The summed E-state index contributed by atoms with van der Waals surface area (Å²) in [6, 6.07) is 38.0. The predicted molar refractivity (Wildman–Crippen MR) is 247 cm³/mol. The largest absolute Gasteiger partial charge is 0.475 e. The summed E-state index contributed by atoms with van der Waals surface area (Å²) in [5.74, 6) is 0.763. The number of nitrogens with one attached hydrogen (secondary N) is 2. The summed E-state index contributed by atoms with van der Waals surface area (Å²) in [6.45, 7) is 8.95. The second-order valence-corrected chi connectivity index (χ2v) is 18.8. The topological polar surface area (TPSA) is 97.7 Å². The molecular weight excluding hydrogens is 871 g/mol. The van der Waals surface area contributed by atoms with E-state index in [2.05, 4.69) is 62.8 Å². The second kappa shape index (κ2) is 23.3. The number of alkyl halides is 3. The van der Waals surface area contributed by atoms with E-state index in [1.54, 1.807) is 30.0 Å². The molecule has 7 rings (SSSR count). The summed E-state index contributed by atoms with van der Waals surface area (Å²) in [5.41, 5.74) is 0.388. The number of ether oxygens (including phenoxy) is 1. The van der Waals surface area contributed by atoms with Gasteiger partial charge in [-0.1, -0.05) is 66.2 Å². The van der Waals surface area contributed by atoms with Gasteiger partial charge in [0.2, 0.25) is 0 Å². The number of morpholine rings is 1. The molecule has 2 aliphatic rings. The number of nitrogens with zero attached hydrogens (tertiary/aromatic N) is 3. The van der Waals surface area contributed by atoms with E-state index in [1.807, 2.05) is 54.6 Å². The van der Waals surface area contributed by atoms with Crippen molar-refractivity contribution in [2.45, 2.75) is 51.9 Å². The van der Waals surface area contributed by atoms with Crippen molar-refractivity contribution in [3.63, 3.8) is 0 Å². The van der Waals surface area contributed by atoms with E-state index in [9.17, 15) is 22.2 Å². The molecule has 5 aromatic carbocycles. The Morgan fingerprint density at radius 2 is 1.55 bits per heavy atom. The number of hydrogen-bond acceptors (Lipinski definition) is 9. The lowest BCUT2D eigenvalue weighted by Gasteiger charge is -2.34. The van der Waals surface area contributed by atoms with E-state index < -0.39 is 16.3 Å². The summed E-state index contributed by atoms with van der Waals surface area (Å²) < 4.78 is 63.2. The van der Waals surface area contributed by atoms with Gasteiger partial charge in [0.1, 0.15) is 0 Å². The molecule has 2 heterocycles. The van der Waals surface area contributed by atoms with Gasteiger partial charge in [0.05, 0.1) is 23.8 Å². The van der Waals surface area contributed by atoms with Crippen molar-refractivity contribution in [3.8, 4) is 17.7 Å². The molecule has 8 nitrogen and oxygen atoms in total. The lowest BCUT2D eigenvalue weighted by Crippen LogP contribution is -2.39. The molecule has 0 aromatic heterocycles. The van der Waals surface area contributed by atoms with Crippen molar-refractivity contribution in [2.24, 2.45) is 5.92 Å². The Bertz CT molecular complexity index is 2240. The van der Waals surface area contributed by atoms with Crippen molar-refractivity contribution in [1.82, 2.24) is 9.62 Å². The van der Waals surface area contributed by atoms with Gasteiger partial charge in [0.25, 0.3) is 5.91 Å². The Morgan fingerprint density at radius 1 is 0.871 bits per heavy atom. The zero-order chi connectivity index (χ0) is 43.9. The molecule has 62 heavy (non-hydrogen) atoms. The normalized spacial score (nSPS) is 15.8. The Balaban J connectivity index is 0.00000316. The first kappa shape index (κ1) is 47.0. The molecule has 1 amide bonds. The summed E-state index contributed by atoms with van der Waals surface area (Å²) in [5, 5.41) is 10.5. The number of benzene rings is 5. The lowest BCUT2D eigenvalue weighted by atomic mass is 9.87. The number of anilines is 2. The molecule has 2 aliphatic heterocycles. The minimum Gasteiger partial charge on any atom is -0.380 e. The third-order valence-corrected chi connectivity index (χ3v) is 14.2. The second-order valence-electron chi connectivity index (χ2n) is 15.0. The first-order valence-corrected chi connectivity index (χ1v) is 23.7. The molecular formula is C47H49ClF3N5O3S3. The maximum absolute atomic E-state index is 14.0. The van der Waals surface area contributed by atoms with Gasteiger partial charge in [-0.2, -0.15) is 13.2 Å². The van der Waals surface area contributed by atoms with Gasteiger partial charge in [-0.05, 0) is 127 Å². The van der Waals surface area contributed by atoms with E-state index in [0.29, 0.717) is 41.8 Å². The summed E-state index contributed by atoms with van der Waals surface area (Å²) in [4.78, 5) is 18.9. The number of rotatable bonds is 16. The van der Waals surface area contributed by atoms with Crippen LogP contribution >= 0.6 is 35.3 Å². The number of piperidine rings is 1. The van der Waals surface area contributed by atoms with Crippen molar-refractivity contribution < 1.29 is 26.9 Å². The first-order chi connectivity index (χ1) is 30.1. The van der Waals surface area contributed by atoms with Crippen LogP contribution in [-0.2, 0) is 22.0 Å². The maximum Gasteiger partial charge on any atom is 0.475 e. The molecule has 0 spiro atoms. The smallest absolute Gasteiger partial charge is 0.380 e. The quantitative estimate of drug-likeness (QED) is 0.0741. The summed E-state index contributed by atoms with van der Waals surface area (Å²) >= 11 is 8.64. The minimum atomic E-state index is -4.97. The van der Waals surface area contributed by atoms with Crippen molar-refractivity contribution in [3.05, 3.63) is 137 Å². The fraction of sp³-hybridized carbons (Fsp3) is 0.319. The number of carbonyl (C=O) groups excluding carboxylic acids is 1. The Morgan fingerprint density at radius 3 is 2.24 bits per heavy atom. The molecule has 0 radical (unpaired) electrons. The van der Waals surface area contributed by atoms with Crippen LogP contribution in [0.2, 0.25) is 5.02 Å². The van der Waals surface area contributed by atoms with Crippen molar-refractivity contribution in [1.29, 1.82) is 5.26 Å². The molecule has 2 unspecified atom stereocenters. The van der Waals surface area contributed by atoms with Crippen LogP contribution in [-0.4, -0.2) is 78.3 Å². The van der Waals surface area contributed by atoms with Gasteiger partial charge in [-0.3, -0.25) is 14.4 Å². The highest BCUT2D eigenvalue weighted by molar-refractivity contribution is 7.99. The standard InChI is InChI=1S/C46H48ClF3N4O3S3.CHN/c47-37-14-10-34(11-15-37)42-9-5-4-6-36(42)30-33-20-24-54(25-21-33)39-16-12-35(13-17-39)45(55)52-59-41-18-19-43(44(31-41)60(56)46(48,49)50)51-38(22-23-53-26-28-57-29-27-53)32-58-40-7-2-1-3-8-40;1-2/h1-19,31,33,38,51H,20-30,32H2,(H,52,55);1H. The number of hydrogen-bond donors (Lipinski definition) is 2. The van der Waals surface area contributed by atoms with Crippen molar-refractivity contribution >= 4 is 63.4 Å². The highest BCUT2D eigenvalue weighted by atomic mass is 35.5. The monoisotopic (exact) mass is 919 g/mol. The van der Waals surface area contributed by atoms with Crippen LogP contribution in [0.4, 0.5) is 24.5 Å². The average molecular weight is 921 g/mol. The number of thioether (sulfide) groups is 1. The highest BCUT2D eigenvalue weighted by Crippen LogP contribution is 2.35. The molecule has 2 fully saturated rings. The lowest BCUT2D eigenvalue weighted by molar-refractivity contribution is -0.0384. The number of carbonyl (C=O) groups is 1. The molecule has 0 saturated carbocycles. The number of halogens is 4. The average Bonchev–Trinajstić information content (AvgIpc) is 3.31. The molecule has 2 saturated heterocycles. The van der Waals surface area contributed by atoms with Gasteiger partial charge < -0.3 is 15.0 Å². The van der Waals surface area contributed by atoms with Gasteiger partial charge in [-0.15, -0.1) is 11.8 Å². The molecule has 15 heteroatoms. The third kappa shape index (κ3) is 13.5. The van der Waals surface area contributed by atoms with Gasteiger partial charge in [0, 0.05) is 77.2 Å². The van der Waals surface area contributed by atoms with Crippen LogP contribution in [0.1, 0.15) is 35.2 Å². The number of amides is 1. The SMILES string of the molecule is C#N.O=C(NSc1ccc(NC(CCN2CCOCC2)CSc2ccccc2)c(S(=O)C(F)(F)F)c1)c1ccc(N2CCC(Cc3ccccc3-c3ccc(Cl)cc3)CC2)cc1. The third-order valence-electron chi connectivity index (χ3n) is 10.9. The minimum absolute atomic E-state index is 0.157. The molecule has 0 bridgehead atoms. The Kier molecular flexibility index (Phi) is 17.6. The molecule has 5 aromatic rings. The highest BCUT2D eigenvalue weighted by Gasteiger charge is 2.39. The van der Waals surface area contributed by atoms with E-state index in [-0.39, 0.29) is 22.5 Å². The van der Waals surface area contributed by atoms with E-state index in [4.69, 9.17) is 21.6 Å². The summed E-state index contributed by atoms with van der Waals surface area (Å²) in [7, 11) is -3.30. The van der Waals surface area contributed by atoms with Crippen LogP contribution in [0.3, 0.4) is 0 Å². The Hall–Kier alpha value is -4.49. The number of nitriles is 1. The van der Waals surface area contributed by atoms with Crippen LogP contribution in [0.15, 0.2) is 136 Å². The van der Waals surface area contributed by atoms with Crippen LogP contribution in [0, 0.1) is 17.8 Å². The van der Waals surface area contributed by atoms with Gasteiger partial charge in [-0.25, -0.2) is 9.47 Å². The van der Waals surface area contributed by atoms with Crippen LogP contribution < -0.4 is 14.9 Å². The van der Waals surface area contributed by atoms with Gasteiger partial charge >= 0.3 is 5.51 Å². The molecule has 2 N–H and O–H groups in total. The zero-order valence-corrected chi connectivity index (χ0v) is 37.3. The fourth-order valence-electron chi connectivity index (χ4n) is 7.56. The molecule has 2 atom stereocenters. The fourth-order valence-corrected chi connectivity index (χ4v) is 10.2. The van der Waals surface area contributed by atoms with Crippen LogP contribution in [0.5, 0.6) is 0 Å². The molecule has 0 aliphatic carbocycles. The van der Waals surface area contributed by atoms with Crippen molar-refractivity contribution in [2.75, 3.05) is 61.9 Å². The van der Waals surface area contributed by atoms with E-state index in [1.165, 1.54) is 23.3 Å². The van der Waals surface area contributed by atoms with E-state index >= 15 is 0 Å².